The zero-order chi connectivity index (χ0) is 12.8. The second kappa shape index (κ2) is 4.18. The van der Waals surface area contributed by atoms with Crippen molar-refractivity contribution in [2.24, 2.45) is 5.73 Å². The largest absolute Gasteiger partial charge is 0.496 e. The third kappa shape index (κ3) is 1.74. The Morgan fingerprint density at radius 3 is 2.18 bits per heavy atom. The normalized spacial score (nSPS) is 17.1. The Balaban J connectivity index is 2.73. The minimum Gasteiger partial charge on any atom is -0.496 e. The highest BCUT2D eigenvalue weighted by Crippen LogP contribution is 2.54. The molecule has 3 heteroatoms. The van der Waals surface area contributed by atoms with Gasteiger partial charge < -0.3 is 10.5 Å². The van der Waals surface area contributed by atoms with E-state index in [2.05, 4.69) is 13.8 Å². The Morgan fingerprint density at radius 2 is 1.76 bits per heavy atom. The van der Waals surface area contributed by atoms with Gasteiger partial charge in [0.25, 0.3) is 0 Å². The van der Waals surface area contributed by atoms with Gasteiger partial charge in [0.1, 0.15) is 5.75 Å². The lowest BCUT2D eigenvalue weighted by molar-refractivity contribution is 0.400. The van der Waals surface area contributed by atoms with E-state index in [4.69, 9.17) is 22.1 Å². The highest BCUT2D eigenvalue weighted by atomic mass is 35.5. The molecule has 1 saturated carbocycles. The van der Waals surface area contributed by atoms with E-state index in [1.165, 1.54) is 5.56 Å². The third-order valence-corrected chi connectivity index (χ3v) is 4.71. The van der Waals surface area contributed by atoms with E-state index < -0.39 is 0 Å². The van der Waals surface area contributed by atoms with Gasteiger partial charge in [0, 0.05) is 22.5 Å². The molecule has 1 aromatic rings. The molecule has 0 unspecified atom stereocenters. The van der Waals surface area contributed by atoms with Gasteiger partial charge >= 0.3 is 0 Å². The second-order valence-corrected chi connectivity index (χ2v) is 5.46. The first-order valence-corrected chi connectivity index (χ1v) is 6.40. The Labute approximate surface area is 108 Å². The molecule has 1 fully saturated rings. The molecule has 2 N–H and O–H groups in total. The van der Waals surface area contributed by atoms with E-state index in [0.29, 0.717) is 6.54 Å². The number of halogens is 1. The highest BCUT2D eigenvalue weighted by molar-refractivity contribution is 6.32. The van der Waals surface area contributed by atoms with Crippen molar-refractivity contribution in [1.82, 2.24) is 0 Å². The molecule has 0 amide bonds. The molecule has 17 heavy (non-hydrogen) atoms. The molecular weight excluding hydrogens is 234 g/mol. The first-order chi connectivity index (χ1) is 7.98. The van der Waals surface area contributed by atoms with Crippen LogP contribution in [0.25, 0.3) is 0 Å². The molecule has 0 atom stereocenters. The number of benzene rings is 1. The molecule has 0 saturated heterocycles. The fourth-order valence-electron chi connectivity index (χ4n) is 2.68. The van der Waals surface area contributed by atoms with Gasteiger partial charge in [-0.2, -0.15) is 0 Å². The van der Waals surface area contributed by atoms with Gasteiger partial charge in [-0.15, -0.1) is 0 Å². The first-order valence-electron chi connectivity index (χ1n) is 6.02. The standard InChI is InChI=1S/C14H20ClNO/c1-8-9(2)13(17-4)11(10(3)12(8)15)14(7-16)5-6-14/h5-7,16H2,1-4H3. The first kappa shape index (κ1) is 12.7. The highest BCUT2D eigenvalue weighted by Gasteiger charge is 2.46. The maximum Gasteiger partial charge on any atom is 0.126 e. The molecule has 1 aromatic carbocycles. The van der Waals surface area contributed by atoms with E-state index in [9.17, 15) is 0 Å². The fraction of sp³-hybridized carbons (Fsp3) is 0.571. The molecule has 0 radical (unpaired) electrons. The van der Waals surface area contributed by atoms with Gasteiger partial charge in [-0.25, -0.2) is 0 Å². The van der Waals surface area contributed by atoms with Crippen LogP contribution in [0.15, 0.2) is 0 Å². The number of hydrogen-bond acceptors (Lipinski definition) is 2. The monoisotopic (exact) mass is 253 g/mol. The van der Waals surface area contributed by atoms with Crippen molar-refractivity contribution in [2.75, 3.05) is 13.7 Å². The molecule has 1 aliphatic rings. The topological polar surface area (TPSA) is 35.2 Å². The van der Waals surface area contributed by atoms with Gasteiger partial charge in [-0.1, -0.05) is 11.6 Å². The quantitative estimate of drug-likeness (QED) is 0.898. The predicted molar refractivity (Wildman–Crippen MR) is 72.2 cm³/mol. The summed E-state index contributed by atoms with van der Waals surface area (Å²) in [6.45, 7) is 6.85. The Hall–Kier alpha value is -0.730. The molecule has 0 heterocycles. The number of methoxy groups -OCH3 is 1. The van der Waals surface area contributed by atoms with Gasteiger partial charge in [0.05, 0.1) is 7.11 Å². The van der Waals surface area contributed by atoms with Crippen molar-refractivity contribution >= 4 is 11.6 Å². The lowest BCUT2D eigenvalue weighted by atomic mass is 9.87. The van der Waals surface area contributed by atoms with Crippen LogP contribution in [0, 0.1) is 20.8 Å². The van der Waals surface area contributed by atoms with Crippen LogP contribution in [0.1, 0.15) is 35.1 Å². The minimum atomic E-state index is 0.109. The predicted octanol–water partition coefficient (Wildman–Crippen LogP) is 3.26. The van der Waals surface area contributed by atoms with Crippen molar-refractivity contribution in [3.05, 3.63) is 27.3 Å². The van der Waals surface area contributed by atoms with E-state index >= 15 is 0 Å². The van der Waals surface area contributed by atoms with E-state index in [1.54, 1.807) is 7.11 Å². The summed E-state index contributed by atoms with van der Waals surface area (Å²) < 4.78 is 5.61. The summed E-state index contributed by atoms with van der Waals surface area (Å²) >= 11 is 6.41. The Bertz CT molecular complexity index is 464. The van der Waals surface area contributed by atoms with Crippen LogP contribution in [-0.4, -0.2) is 13.7 Å². The molecule has 94 valence electrons. The summed E-state index contributed by atoms with van der Waals surface area (Å²) in [4.78, 5) is 0. The van der Waals surface area contributed by atoms with E-state index in [-0.39, 0.29) is 5.41 Å². The summed E-state index contributed by atoms with van der Waals surface area (Å²) in [5.41, 5.74) is 10.7. The summed E-state index contributed by atoms with van der Waals surface area (Å²) in [5, 5.41) is 0.859. The zero-order valence-electron chi connectivity index (χ0n) is 11.0. The number of nitrogens with two attached hydrogens (primary N) is 1. The number of hydrogen-bond donors (Lipinski definition) is 1. The van der Waals surface area contributed by atoms with Crippen molar-refractivity contribution in [3.8, 4) is 5.75 Å². The number of ether oxygens (including phenoxy) is 1. The Morgan fingerprint density at radius 1 is 1.18 bits per heavy atom. The lowest BCUT2D eigenvalue weighted by Gasteiger charge is -2.24. The van der Waals surface area contributed by atoms with Gasteiger partial charge in [0.2, 0.25) is 0 Å². The molecule has 0 spiro atoms. The average Bonchev–Trinajstić information content (AvgIpc) is 3.11. The van der Waals surface area contributed by atoms with Crippen LogP contribution in [0.2, 0.25) is 5.02 Å². The molecular formula is C14H20ClNO. The van der Waals surface area contributed by atoms with Crippen molar-refractivity contribution < 1.29 is 4.74 Å². The van der Waals surface area contributed by atoms with Crippen LogP contribution in [-0.2, 0) is 5.41 Å². The van der Waals surface area contributed by atoms with Crippen molar-refractivity contribution in [2.45, 2.75) is 39.0 Å². The van der Waals surface area contributed by atoms with E-state index in [1.807, 2.05) is 6.92 Å². The van der Waals surface area contributed by atoms with Crippen LogP contribution in [0.4, 0.5) is 0 Å². The fourth-order valence-corrected chi connectivity index (χ4v) is 2.92. The summed E-state index contributed by atoms with van der Waals surface area (Å²) in [5.74, 6) is 0.979. The molecule has 2 rings (SSSR count). The molecule has 0 aromatic heterocycles. The Kier molecular flexibility index (Phi) is 3.13. The summed E-state index contributed by atoms with van der Waals surface area (Å²) in [7, 11) is 1.73. The average molecular weight is 254 g/mol. The van der Waals surface area contributed by atoms with Crippen LogP contribution >= 0.6 is 11.6 Å². The molecule has 1 aliphatic carbocycles. The summed E-state index contributed by atoms with van der Waals surface area (Å²) in [6, 6.07) is 0. The van der Waals surface area contributed by atoms with Crippen LogP contribution in [0.5, 0.6) is 5.75 Å². The van der Waals surface area contributed by atoms with Crippen LogP contribution in [0.3, 0.4) is 0 Å². The molecule has 0 aliphatic heterocycles. The van der Waals surface area contributed by atoms with Gasteiger partial charge in [-0.05, 0) is 50.3 Å². The summed E-state index contributed by atoms with van der Waals surface area (Å²) in [6.07, 6.45) is 2.28. The number of rotatable bonds is 3. The van der Waals surface area contributed by atoms with E-state index in [0.717, 1.165) is 40.3 Å². The maximum atomic E-state index is 6.41. The molecule has 0 bridgehead atoms. The van der Waals surface area contributed by atoms with Crippen molar-refractivity contribution in [3.63, 3.8) is 0 Å². The lowest BCUT2D eigenvalue weighted by Crippen LogP contribution is -2.22. The third-order valence-electron chi connectivity index (χ3n) is 4.14. The van der Waals surface area contributed by atoms with Gasteiger partial charge in [-0.3, -0.25) is 0 Å². The SMILES string of the molecule is COc1c(C)c(C)c(Cl)c(C)c1C1(CN)CC1. The van der Waals surface area contributed by atoms with Crippen LogP contribution < -0.4 is 10.5 Å². The second-order valence-electron chi connectivity index (χ2n) is 5.08. The minimum absolute atomic E-state index is 0.109. The molecule has 2 nitrogen and oxygen atoms in total. The maximum absolute atomic E-state index is 6.41. The smallest absolute Gasteiger partial charge is 0.126 e. The zero-order valence-corrected chi connectivity index (χ0v) is 11.7. The van der Waals surface area contributed by atoms with Crippen molar-refractivity contribution in [1.29, 1.82) is 0 Å². The van der Waals surface area contributed by atoms with Gasteiger partial charge in [0.15, 0.2) is 0 Å².